The maximum Gasteiger partial charge on any atom is 0.168 e. The lowest BCUT2D eigenvalue weighted by Crippen LogP contribution is -2.01. The summed E-state index contributed by atoms with van der Waals surface area (Å²) in [6, 6.07) is 92.0. The summed E-state index contributed by atoms with van der Waals surface area (Å²) in [5.74, 6) is 3.30. The predicted octanol–water partition coefficient (Wildman–Crippen LogP) is 16.3. The zero-order chi connectivity index (χ0) is 48.9. The number of nitrogens with zero attached hydrogens (tertiary/aromatic N) is 7. The molecule has 0 saturated carbocycles. The first-order valence-electron chi connectivity index (χ1n) is 24.3. The van der Waals surface area contributed by atoms with Gasteiger partial charge in [0.2, 0.25) is 0 Å². The van der Waals surface area contributed by atoms with Crippen LogP contribution in [0, 0.1) is 0 Å². The second kappa shape index (κ2) is 20.2. The number of para-hydroxylation sites is 2. The van der Waals surface area contributed by atoms with E-state index in [4.69, 9.17) is 0 Å². The number of hydrogen-bond donors (Lipinski definition) is 0. The number of aromatic nitrogens is 7. The van der Waals surface area contributed by atoms with Gasteiger partial charge in [-0.2, -0.15) is 0 Å². The number of halogens is 1. The van der Waals surface area contributed by atoms with Crippen LogP contribution < -0.4 is 0 Å². The Balaban J connectivity index is 0.000000125. The van der Waals surface area contributed by atoms with Gasteiger partial charge in [-0.15, -0.1) is 20.4 Å². The summed E-state index contributed by atoms with van der Waals surface area (Å²) >= 11 is 3.50. The molecule has 7 nitrogen and oxygen atoms in total. The fraction of sp³-hybridized carbons (Fsp3) is 0.0154. The summed E-state index contributed by atoms with van der Waals surface area (Å²) < 4.78 is 7.61. The van der Waals surface area contributed by atoms with E-state index in [1.165, 1.54) is 44.1 Å². The van der Waals surface area contributed by atoms with Gasteiger partial charge in [-0.25, -0.2) is 0 Å². The lowest BCUT2D eigenvalue weighted by molar-refractivity contribution is 1.07. The van der Waals surface area contributed by atoms with Crippen molar-refractivity contribution in [1.29, 1.82) is 0 Å². The average Bonchev–Trinajstić information content (AvgIpc) is 4.28. The standard InChI is InChI=1S/C32H22N4.C20H14BrN3.C13H10/c1-3-11-23(12-4-1)31-33-34-32(24-13-5-2-6-14-24)36(31)26-21-19-25(20-22-26)35-29-17-9-7-15-27(29)28-16-8-10-18-30(28)35;21-17-11-13-18(14-12-17)24-19(15-7-3-1-4-8-15)22-23-20(24)16-9-5-2-6-10-16;1-3-7-12-10(5-1)9-11-6-2-4-8-13(11)12/h1-22H;1-14H;1-8H,9H2. The zero-order valence-corrected chi connectivity index (χ0v) is 41.2. The molecule has 0 radical (unpaired) electrons. The van der Waals surface area contributed by atoms with E-state index < -0.39 is 0 Å². The molecule has 0 saturated heterocycles. The SMILES string of the molecule is Brc1ccc(-n2c(-c3ccccc3)nnc2-c2ccccc2)cc1.c1ccc(-c2nnc(-c3ccccc3)n2-c2ccc(-n3c4ccccc4c4ccccc43)cc2)cc1.c1ccc2c(c1)Cc1ccccc1-2. The summed E-state index contributed by atoms with van der Waals surface area (Å²) in [5, 5.41) is 20.6. The molecule has 73 heavy (non-hydrogen) atoms. The van der Waals surface area contributed by atoms with E-state index in [2.05, 4.69) is 208 Å². The van der Waals surface area contributed by atoms with Crippen LogP contribution in [-0.4, -0.2) is 34.1 Å². The van der Waals surface area contributed by atoms with E-state index in [1.807, 2.05) is 109 Å². The highest BCUT2D eigenvalue weighted by Gasteiger charge is 2.20. The van der Waals surface area contributed by atoms with Crippen molar-refractivity contribution < 1.29 is 0 Å². The highest BCUT2D eigenvalue weighted by molar-refractivity contribution is 9.10. The monoisotopic (exact) mass is 1000 g/mol. The Hall–Kier alpha value is -9.24. The summed E-state index contributed by atoms with van der Waals surface area (Å²) in [7, 11) is 0. The minimum atomic E-state index is 0.819. The molecule has 348 valence electrons. The quantitative estimate of drug-likeness (QED) is 0.160. The van der Waals surface area contributed by atoms with Crippen molar-refractivity contribution in [2.24, 2.45) is 0 Å². The Morgan fingerprint density at radius 3 is 0.932 bits per heavy atom. The van der Waals surface area contributed by atoms with Crippen molar-refractivity contribution in [3.63, 3.8) is 0 Å². The zero-order valence-electron chi connectivity index (χ0n) is 39.6. The van der Waals surface area contributed by atoms with Gasteiger partial charge in [-0.1, -0.05) is 222 Å². The van der Waals surface area contributed by atoms with Crippen LogP contribution in [0.25, 0.3) is 95.5 Å². The van der Waals surface area contributed by atoms with Crippen LogP contribution >= 0.6 is 15.9 Å². The number of rotatable bonds is 7. The minimum absolute atomic E-state index is 0.819. The van der Waals surface area contributed by atoms with Crippen LogP contribution in [0.1, 0.15) is 11.1 Å². The van der Waals surface area contributed by atoms with E-state index in [-0.39, 0.29) is 0 Å². The van der Waals surface area contributed by atoms with Gasteiger partial charge in [-0.05, 0) is 89.3 Å². The Morgan fingerprint density at radius 1 is 0.274 bits per heavy atom. The van der Waals surface area contributed by atoms with Gasteiger partial charge in [0.15, 0.2) is 23.3 Å². The fourth-order valence-electron chi connectivity index (χ4n) is 9.78. The molecule has 0 amide bonds. The minimum Gasteiger partial charge on any atom is -0.309 e. The molecule has 8 heteroatoms. The van der Waals surface area contributed by atoms with Crippen molar-refractivity contribution in [1.82, 2.24) is 34.1 Å². The van der Waals surface area contributed by atoms with Crippen LogP contribution in [0.15, 0.2) is 271 Å². The normalized spacial score (nSPS) is 11.3. The summed E-state index contributed by atoms with van der Waals surface area (Å²) in [4.78, 5) is 0. The molecule has 10 aromatic carbocycles. The van der Waals surface area contributed by atoms with Crippen LogP contribution in [0.5, 0.6) is 0 Å². The van der Waals surface area contributed by atoms with Crippen molar-refractivity contribution in [3.05, 3.63) is 283 Å². The summed E-state index contributed by atoms with van der Waals surface area (Å²) in [5.41, 5.74) is 15.4. The lowest BCUT2D eigenvalue weighted by Gasteiger charge is -2.13. The average molecular weight is 1010 g/mol. The molecule has 1 aliphatic rings. The molecule has 3 heterocycles. The number of hydrogen-bond acceptors (Lipinski definition) is 4. The predicted molar refractivity (Wildman–Crippen MR) is 301 cm³/mol. The molecule has 0 atom stereocenters. The molecule has 0 N–H and O–H groups in total. The van der Waals surface area contributed by atoms with Gasteiger partial charge in [0.05, 0.1) is 11.0 Å². The molecule has 14 rings (SSSR count). The van der Waals surface area contributed by atoms with Gasteiger partial charge in [-0.3, -0.25) is 9.13 Å². The molecule has 0 aliphatic heterocycles. The van der Waals surface area contributed by atoms with Crippen molar-refractivity contribution in [2.45, 2.75) is 6.42 Å². The van der Waals surface area contributed by atoms with Crippen LogP contribution in [0.4, 0.5) is 0 Å². The Bertz CT molecular complexity index is 3770. The maximum atomic E-state index is 4.60. The molecule has 3 aromatic heterocycles. The van der Waals surface area contributed by atoms with Gasteiger partial charge in [0.1, 0.15) is 0 Å². The van der Waals surface area contributed by atoms with Crippen molar-refractivity contribution in [3.8, 4) is 73.7 Å². The van der Waals surface area contributed by atoms with Gasteiger partial charge < -0.3 is 4.57 Å². The van der Waals surface area contributed by atoms with Crippen LogP contribution in [0.3, 0.4) is 0 Å². The van der Waals surface area contributed by atoms with Crippen LogP contribution in [0.2, 0.25) is 0 Å². The molecular weight excluding hydrogens is 959 g/mol. The summed E-state index contributed by atoms with van der Waals surface area (Å²) in [6.45, 7) is 0. The Morgan fingerprint density at radius 2 is 0.562 bits per heavy atom. The molecule has 0 fully saturated rings. The Kier molecular flexibility index (Phi) is 12.5. The third kappa shape index (κ3) is 8.97. The van der Waals surface area contributed by atoms with E-state index in [9.17, 15) is 0 Å². The third-order valence-electron chi connectivity index (χ3n) is 13.2. The Labute approximate surface area is 432 Å². The topological polar surface area (TPSA) is 66.3 Å². The molecule has 0 spiro atoms. The third-order valence-corrected chi connectivity index (χ3v) is 13.7. The van der Waals surface area contributed by atoms with E-state index in [0.717, 1.165) is 73.5 Å². The van der Waals surface area contributed by atoms with Crippen molar-refractivity contribution >= 4 is 37.7 Å². The van der Waals surface area contributed by atoms with E-state index >= 15 is 0 Å². The van der Waals surface area contributed by atoms with Crippen LogP contribution in [-0.2, 0) is 6.42 Å². The molecular formula is C65H46BrN7. The first kappa shape index (κ1) is 44.9. The molecule has 13 aromatic rings. The first-order valence-corrected chi connectivity index (χ1v) is 25.1. The number of fused-ring (bicyclic) bond motifs is 6. The molecule has 0 bridgehead atoms. The van der Waals surface area contributed by atoms with E-state index in [0.29, 0.717) is 0 Å². The van der Waals surface area contributed by atoms with Gasteiger partial charge in [0, 0.05) is 54.6 Å². The molecule has 1 aliphatic carbocycles. The highest BCUT2D eigenvalue weighted by atomic mass is 79.9. The maximum absolute atomic E-state index is 4.60. The smallest absolute Gasteiger partial charge is 0.168 e. The molecule has 0 unspecified atom stereocenters. The summed E-state index contributed by atoms with van der Waals surface area (Å²) in [6.07, 6.45) is 1.10. The second-order valence-corrected chi connectivity index (χ2v) is 18.6. The van der Waals surface area contributed by atoms with E-state index in [1.54, 1.807) is 0 Å². The lowest BCUT2D eigenvalue weighted by atomic mass is 10.1. The van der Waals surface area contributed by atoms with Gasteiger partial charge >= 0.3 is 0 Å². The van der Waals surface area contributed by atoms with Gasteiger partial charge in [0.25, 0.3) is 0 Å². The second-order valence-electron chi connectivity index (χ2n) is 17.7. The fourth-order valence-corrected chi connectivity index (χ4v) is 10.0. The highest BCUT2D eigenvalue weighted by Crippen LogP contribution is 2.37. The van der Waals surface area contributed by atoms with Crippen molar-refractivity contribution in [2.75, 3.05) is 0 Å². The largest absolute Gasteiger partial charge is 0.309 e. The number of benzene rings is 10. The first-order chi connectivity index (χ1) is 36.2.